The summed E-state index contributed by atoms with van der Waals surface area (Å²) in [6, 6.07) is 7.19. The van der Waals surface area contributed by atoms with E-state index in [1.165, 1.54) is 0 Å². The van der Waals surface area contributed by atoms with Gasteiger partial charge in [0.1, 0.15) is 6.10 Å². The first kappa shape index (κ1) is 13.3. The van der Waals surface area contributed by atoms with Crippen molar-refractivity contribution in [3.05, 3.63) is 29.3 Å². The highest BCUT2D eigenvalue weighted by atomic mass is 35.5. The number of carbonyl (C=O) groups excluding carboxylic acids is 1. The molecule has 0 radical (unpaired) electrons. The number of aliphatic hydroxyl groups excluding tert-OH is 1. The molecule has 1 saturated heterocycles. The fraction of sp³-hybridized carbons (Fsp3) is 0.462. The molecule has 1 unspecified atom stereocenters. The number of carbonyl (C=O) groups is 1. The van der Waals surface area contributed by atoms with Crippen LogP contribution in [0.1, 0.15) is 12.8 Å². The molecule has 0 aliphatic carbocycles. The summed E-state index contributed by atoms with van der Waals surface area (Å²) in [4.78, 5) is 13.9. The van der Waals surface area contributed by atoms with E-state index >= 15 is 0 Å². The number of nitrogens with zero attached hydrogens (tertiary/aromatic N) is 1. The number of aliphatic hydroxyl groups is 1. The average molecular weight is 270 g/mol. The molecular formula is C13H16ClNO3. The number of hydrogen-bond acceptors (Lipinski definition) is 3. The molecule has 1 fully saturated rings. The van der Waals surface area contributed by atoms with E-state index in [0.29, 0.717) is 31.0 Å². The number of halogens is 1. The molecular weight excluding hydrogens is 254 g/mol. The van der Waals surface area contributed by atoms with Gasteiger partial charge >= 0.3 is 0 Å². The molecule has 5 heteroatoms. The van der Waals surface area contributed by atoms with E-state index in [4.69, 9.17) is 21.4 Å². The van der Waals surface area contributed by atoms with Crippen LogP contribution in [-0.2, 0) is 9.53 Å². The van der Waals surface area contributed by atoms with Gasteiger partial charge in [-0.3, -0.25) is 4.79 Å². The molecule has 0 saturated carbocycles. The van der Waals surface area contributed by atoms with Gasteiger partial charge in [0.25, 0.3) is 5.91 Å². The summed E-state index contributed by atoms with van der Waals surface area (Å²) in [6.45, 7) is 1.15. The highest BCUT2D eigenvalue weighted by Gasteiger charge is 2.29. The summed E-state index contributed by atoms with van der Waals surface area (Å²) in [7, 11) is 0. The van der Waals surface area contributed by atoms with E-state index in [1.54, 1.807) is 17.0 Å². The maximum atomic E-state index is 12.2. The van der Waals surface area contributed by atoms with Crippen molar-refractivity contribution in [2.75, 3.05) is 24.7 Å². The van der Waals surface area contributed by atoms with E-state index < -0.39 is 6.10 Å². The normalized spacial score (nSPS) is 20.2. The van der Waals surface area contributed by atoms with Crippen molar-refractivity contribution in [3.8, 4) is 0 Å². The first-order chi connectivity index (χ1) is 8.72. The quantitative estimate of drug-likeness (QED) is 0.907. The number of hydrogen-bond donors (Lipinski definition) is 1. The lowest BCUT2D eigenvalue weighted by atomic mass is 10.1. The van der Waals surface area contributed by atoms with E-state index in [9.17, 15) is 4.79 Å². The Bertz CT molecular complexity index is 407. The number of ether oxygens (including phenoxy) is 1. The van der Waals surface area contributed by atoms with Crippen LogP contribution in [0, 0.1) is 0 Å². The molecule has 0 aromatic heterocycles. The molecule has 98 valence electrons. The van der Waals surface area contributed by atoms with Gasteiger partial charge in [-0.2, -0.15) is 0 Å². The van der Waals surface area contributed by atoms with Crippen LogP contribution in [0.5, 0.6) is 0 Å². The Balaban J connectivity index is 2.08. The minimum absolute atomic E-state index is 0.0444. The third-order valence-electron chi connectivity index (χ3n) is 2.94. The van der Waals surface area contributed by atoms with Crippen LogP contribution in [0.4, 0.5) is 5.69 Å². The van der Waals surface area contributed by atoms with E-state index in [1.807, 2.05) is 12.1 Å². The van der Waals surface area contributed by atoms with E-state index in [-0.39, 0.29) is 12.5 Å². The molecule has 1 amide bonds. The predicted octanol–water partition coefficient (Wildman–Crippen LogP) is 1.84. The largest absolute Gasteiger partial charge is 0.396 e. The van der Waals surface area contributed by atoms with Crippen LogP contribution in [0.2, 0.25) is 5.02 Å². The molecule has 1 heterocycles. The van der Waals surface area contributed by atoms with Crippen LogP contribution in [0.25, 0.3) is 0 Å². The Hall–Kier alpha value is -1.10. The van der Waals surface area contributed by atoms with E-state index in [2.05, 4.69) is 0 Å². The minimum atomic E-state index is -0.443. The second-order valence-corrected chi connectivity index (χ2v) is 4.63. The van der Waals surface area contributed by atoms with Gasteiger partial charge < -0.3 is 14.7 Å². The lowest BCUT2D eigenvalue weighted by Crippen LogP contribution is -2.47. The van der Waals surface area contributed by atoms with Crippen LogP contribution >= 0.6 is 11.6 Å². The highest BCUT2D eigenvalue weighted by molar-refractivity contribution is 6.30. The molecule has 1 aromatic rings. The van der Waals surface area contributed by atoms with Crippen molar-refractivity contribution >= 4 is 23.2 Å². The second kappa shape index (κ2) is 6.18. The van der Waals surface area contributed by atoms with Crippen LogP contribution < -0.4 is 4.90 Å². The van der Waals surface area contributed by atoms with Crippen LogP contribution in [-0.4, -0.2) is 36.9 Å². The van der Waals surface area contributed by atoms with Gasteiger partial charge in [-0.25, -0.2) is 0 Å². The molecule has 18 heavy (non-hydrogen) atoms. The molecule has 0 bridgehead atoms. The second-order valence-electron chi connectivity index (χ2n) is 4.19. The topological polar surface area (TPSA) is 49.8 Å². The number of amides is 1. The Labute approximate surface area is 111 Å². The smallest absolute Gasteiger partial charge is 0.256 e. The summed E-state index contributed by atoms with van der Waals surface area (Å²) >= 11 is 5.83. The van der Waals surface area contributed by atoms with Gasteiger partial charge in [0, 0.05) is 23.9 Å². The van der Waals surface area contributed by atoms with Crippen molar-refractivity contribution in [1.29, 1.82) is 0 Å². The van der Waals surface area contributed by atoms with Gasteiger partial charge in [-0.1, -0.05) is 11.6 Å². The van der Waals surface area contributed by atoms with Gasteiger partial charge in [0.15, 0.2) is 0 Å². The van der Waals surface area contributed by atoms with Gasteiger partial charge in [-0.15, -0.1) is 0 Å². The maximum Gasteiger partial charge on any atom is 0.256 e. The Morgan fingerprint density at radius 3 is 2.78 bits per heavy atom. The summed E-state index contributed by atoms with van der Waals surface area (Å²) in [5.41, 5.74) is 0.835. The Morgan fingerprint density at radius 1 is 1.39 bits per heavy atom. The molecule has 1 N–H and O–H groups in total. The monoisotopic (exact) mass is 269 g/mol. The van der Waals surface area contributed by atoms with Crippen LogP contribution in [0.15, 0.2) is 24.3 Å². The maximum absolute atomic E-state index is 12.2. The summed E-state index contributed by atoms with van der Waals surface area (Å²) in [6.07, 6.45) is 0.686. The summed E-state index contributed by atoms with van der Waals surface area (Å²) in [5.74, 6) is -0.0444. The molecule has 1 atom stereocenters. The van der Waals surface area contributed by atoms with Crippen molar-refractivity contribution in [1.82, 2.24) is 0 Å². The van der Waals surface area contributed by atoms with Gasteiger partial charge in [-0.05, 0) is 37.1 Å². The molecule has 0 spiro atoms. The standard InChI is InChI=1S/C13H16ClNO3/c14-10-3-5-11(6-4-10)15-7-9-18-12(13(15)17)2-1-8-16/h3-6,12,16H,1-2,7-9H2. The third-order valence-corrected chi connectivity index (χ3v) is 3.19. The number of morpholine rings is 1. The lowest BCUT2D eigenvalue weighted by Gasteiger charge is -2.32. The lowest BCUT2D eigenvalue weighted by molar-refractivity contribution is -0.134. The number of rotatable bonds is 4. The SMILES string of the molecule is O=C1C(CCCO)OCCN1c1ccc(Cl)cc1. The first-order valence-electron chi connectivity index (χ1n) is 6.02. The molecule has 4 nitrogen and oxygen atoms in total. The predicted molar refractivity (Wildman–Crippen MR) is 69.9 cm³/mol. The van der Waals surface area contributed by atoms with Crippen LogP contribution in [0.3, 0.4) is 0 Å². The Kier molecular flexibility index (Phi) is 4.58. The zero-order valence-electron chi connectivity index (χ0n) is 10.0. The fourth-order valence-electron chi connectivity index (χ4n) is 2.00. The van der Waals surface area contributed by atoms with Crippen molar-refractivity contribution in [3.63, 3.8) is 0 Å². The molecule has 1 aliphatic heterocycles. The fourth-order valence-corrected chi connectivity index (χ4v) is 2.13. The Morgan fingerprint density at radius 2 is 2.11 bits per heavy atom. The molecule has 1 aliphatic rings. The van der Waals surface area contributed by atoms with Crippen molar-refractivity contribution in [2.24, 2.45) is 0 Å². The zero-order chi connectivity index (χ0) is 13.0. The molecule has 2 rings (SSSR count). The highest BCUT2D eigenvalue weighted by Crippen LogP contribution is 2.22. The summed E-state index contributed by atoms with van der Waals surface area (Å²) in [5, 5.41) is 9.45. The first-order valence-corrected chi connectivity index (χ1v) is 6.39. The van der Waals surface area contributed by atoms with Crippen molar-refractivity contribution < 1.29 is 14.6 Å². The van der Waals surface area contributed by atoms with Crippen molar-refractivity contribution in [2.45, 2.75) is 18.9 Å². The molecule has 1 aromatic carbocycles. The summed E-state index contributed by atoms with van der Waals surface area (Å²) < 4.78 is 5.44. The van der Waals surface area contributed by atoms with Gasteiger partial charge in [0.2, 0.25) is 0 Å². The third kappa shape index (κ3) is 3.02. The average Bonchev–Trinajstić information content (AvgIpc) is 2.39. The van der Waals surface area contributed by atoms with Gasteiger partial charge in [0.05, 0.1) is 6.61 Å². The number of benzene rings is 1. The zero-order valence-corrected chi connectivity index (χ0v) is 10.8. The minimum Gasteiger partial charge on any atom is -0.396 e. The number of anilines is 1. The van der Waals surface area contributed by atoms with E-state index in [0.717, 1.165) is 5.69 Å².